The average molecular weight is 357 g/mol. The van der Waals surface area contributed by atoms with Crippen molar-refractivity contribution in [1.29, 1.82) is 0 Å². The van der Waals surface area contributed by atoms with Crippen LogP contribution >= 0.6 is 23.1 Å². The summed E-state index contributed by atoms with van der Waals surface area (Å²) in [6, 6.07) is 0. The number of thioether (sulfide) groups is 1. The van der Waals surface area contributed by atoms with Crippen molar-refractivity contribution in [1.82, 2.24) is 20.9 Å². The number of nitrogens with one attached hydrogen (secondary N) is 3. The summed E-state index contributed by atoms with van der Waals surface area (Å²) < 4.78 is 0. The first-order valence-electron chi connectivity index (χ1n) is 7.20. The average Bonchev–Trinajstić information content (AvgIpc) is 3.20. The molecule has 1 aliphatic rings. The van der Waals surface area contributed by atoms with E-state index in [0.29, 0.717) is 19.4 Å². The Bertz CT molecular complexity index is 572. The van der Waals surface area contributed by atoms with Crippen LogP contribution in [0.2, 0.25) is 0 Å². The molecular formula is C13H19N5O3S2. The number of aromatic nitrogens is 1. The molecule has 1 fully saturated rings. The molecule has 23 heavy (non-hydrogen) atoms. The highest BCUT2D eigenvalue weighted by molar-refractivity contribution is 8.00. The Morgan fingerprint density at radius 2 is 2.22 bits per heavy atom. The van der Waals surface area contributed by atoms with E-state index in [0.717, 1.165) is 17.3 Å². The number of primary amides is 1. The van der Waals surface area contributed by atoms with Crippen molar-refractivity contribution in [2.24, 2.45) is 5.73 Å². The van der Waals surface area contributed by atoms with Crippen LogP contribution in [-0.4, -0.2) is 53.5 Å². The minimum absolute atomic E-state index is 0.0271. The number of rotatable bonds is 8. The summed E-state index contributed by atoms with van der Waals surface area (Å²) in [7, 11) is 0. The van der Waals surface area contributed by atoms with Crippen molar-refractivity contribution >= 4 is 40.8 Å². The molecule has 5 N–H and O–H groups in total. The highest BCUT2D eigenvalue weighted by atomic mass is 32.2. The molecule has 2 rings (SSSR count). The Morgan fingerprint density at radius 1 is 1.39 bits per heavy atom. The summed E-state index contributed by atoms with van der Waals surface area (Å²) >= 11 is 2.91. The Balaban J connectivity index is 1.57. The van der Waals surface area contributed by atoms with Gasteiger partial charge in [0.25, 0.3) is 5.91 Å². The van der Waals surface area contributed by atoms with Crippen molar-refractivity contribution in [2.75, 3.05) is 25.4 Å². The van der Waals surface area contributed by atoms with Crippen LogP contribution in [0, 0.1) is 0 Å². The molecule has 0 radical (unpaired) electrons. The standard InChI is InChI=1S/C13H19N5O3S2/c14-11(20)8-7-23-10(18-8)2-1-3-15-9(19)6-17-12(21)13-16-4-5-22-13/h7,13,16H,1-6H2,(H2,14,20)(H,15,19)(H,17,21). The van der Waals surface area contributed by atoms with E-state index < -0.39 is 5.91 Å². The lowest BCUT2D eigenvalue weighted by atomic mass is 10.3. The van der Waals surface area contributed by atoms with Gasteiger partial charge in [0.05, 0.1) is 11.6 Å². The first-order valence-corrected chi connectivity index (χ1v) is 9.12. The van der Waals surface area contributed by atoms with Gasteiger partial charge in [0.2, 0.25) is 11.8 Å². The van der Waals surface area contributed by atoms with E-state index in [9.17, 15) is 14.4 Å². The maximum Gasteiger partial charge on any atom is 0.268 e. The van der Waals surface area contributed by atoms with Gasteiger partial charge in [-0.1, -0.05) is 0 Å². The molecule has 0 saturated carbocycles. The summed E-state index contributed by atoms with van der Waals surface area (Å²) in [4.78, 5) is 38.4. The van der Waals surface area contributed by atoms with Gasteiger partial charge in [0, 0.05) is 30.6 Å². The molecule has 1 unspecified atom stereocenters. The van der Waals surface area contributed by atoms with Gasteiger partial charge in [0.1, 0.15) is 11.1 Å². The lowest BCUT2D eigenvalue weighted by molar-refractivity contribution is -0.126. The number of carbonyl (C=O) groups is 3. The maximum atomic E-state index is 11.7. The fourth-order valence-corrected chi connectivity index (χ4v) is 3.69. The summed E-state index contributed by atoms with van der Waals surface area (Å²) in [5.74, 6) is -0.0208. The molecule has 0 aliphatic carbocycles. The zero-order valence-electron chi connectivity index (χ0n) is 12.5. The number of aryl methyl sites for hydroxylation is 1. The number of amides is 3. The molecule has 0 aromatic carbocycles. The van der Waals surface area contributed by atoms with Crippen molar-refractivity contribution in [3.63, 3.8) is 0 Å². The van der Waals surface area contributed by atoms with Crippen LogP contribution in [0.5, 0.6) is 0 Å². The van der Waals surface area contributed by atoms with Crippen LogP contribution in [0.3, 0.4) is 0 Å². The smallest absolute Gasteiger partial charge is 0.268 e. The second-order valence-corrected chi connectivity index (χ2v) is 7.02. The molecule has 2 heterocycles. The number of thiazole rings is 1. The minimum atomic E-state index is -0.536. The molecule has 8 nitrogen and oxygen atoms in total. The van der Waals surface area contributed by atoms with Crippen LogP contribution < -0.4 is 21.7 Å². The van der Waals surface area contributed by atoms with E-state index in [1.807, 2.05) is 0 Å². The molecule has 1 saturated heterocycles. The van der Waals surface area contributed by atoms with Gasteiger partial charge in [-0.3, -0.25) is 19.7 Å². The lowest BCUT2D eigenvalue weighted by Crippen LogP contribution is -2.43. The van der Waals surface area contributed by atoms with Crippen molar-refractivity contribution in [2.45, 2.75) is 18.2 Å². The predicted octanol–water partition coefficient (Wildman–Crippen LogP) is -0.930. The molecule has 1 aromatic rings. The highest BCUT2D eigenvalue weighted by Gasteiger charge is 2.22. The molecule has 1 atom stereocenters. The number of nitrogens with two attached hydrogens (primary N) is 1. The van der Waals surface area contributed by atoms with Crippen molar-refractivity contribution < 1.29 is 14.4 Å². The van der Waals surface area contributed by atoms with Gasteiger partial charge in [-0.05, 0) is 6.42 Å². The molecule has 0 spiro atoms. The second kappa shape index (κ2) is 8.85. The van der Waals surface area contributed by atoms with E-state index >= 15 is 0 Å². The first-order chi connectivity index (χ1) is 11.1. The third-order valence-corrected chi connectivity index (χ3v) is 5.13. The van der Waals surface area contributed by atoms with E-state index in [-0.39, 0.29) is 29.4 Å². The normalized spacial score (nSPS) is 17.0. The third-order valence-electron chi connectivity index (χ3n) is 3.07. The molecule has 3 amide bonds. The van der Waals surface area contributed by atoms with Crippen LogP contribution in [-0.2, 0) is 16.0 Å². The van der Waals surface area contributed by atoms with Crippen LogP contribution in [0.4, 0.5) is 0 Å². The first kappa shape index (κ1) is 17.7. The van der Waals surface area contributed by atoms with Gasteiger partial charge >= 0.3 is 0 Å². The number of hydrogen-bond acceptors (Lipinski definition) is 7. The topological polar surface area (TPSA) is 126 Å². The Kier molecular flexibility index (Phi) is 6.81. The van der Waals surface area contributed by atoms with E-state index in [1.165, 1.54) is 23.1 Å². The molecule has 10 heteroatoms. The summed E-state index contributed by atoms with van der Waals surface area (Å²) in [6.07, 6.45) is 1.36. The van der Waals surface area contributed by atoms with Gasteiger partial charge in [-0.2, -0.15) is 0 Å². The third kappa shape index (κ3) is 5.81. The number of hydrogen-bond donors (Lipinski definition) is 4. The molecule has 126 valence electrons. The zero-order chi connectivity index (χ0) is 16.7. The number of carbonyl (C=O) groups excluding carboxylic acids is 3. The monoisotopic (exact) mass is 357 g/mol. The summed E-state index contributed by atoms with van der Waals surface area (Å²) in [5, 5.41) is 10.6. The van der Waals surface area contributed by atoms with Crippen molar-refractivity contribution in [3.8, 4) is 0 Å². The van der Waals surface area contributed by atoms with Crippen LogP contribution in [0.15, 0.2) is 5.38 Å². The predicted molar refractivity (Wildman–Crippen MR) is 89.2 cm³/mol. The summed E-state index contributed by atoms with van der Waals surface area (Å²) in [5.41, 5.74) is 5.41. The molecule has 0 bridgehead atoms. The highest BCUT2D eigenvalue weighted by Crippen LogP contribution is 2.13. The summed E-state index contributed by atoms with van der Waals surface area (Å²) in [6.45, 7) is 1.26. The van der Waals surface area contributed by atoms with E-state index in [4.69, 9.17) is 5.73 Å². The van der Waals surface area contributed by atoms with E-state index in [1.54, 1.807) is 5.38 Å². The molecule has 1 aliphatic heterocycles. The Morgan fingerprint density at radius 3 is 2.87 bits per heavy atom. The van der Waals surface area contributed by atoms with Gasteiger partial charge in [0.15, 0.2) is 0 Å². The lowest BCUT2D eigenvalue weighted by Gasteiger charge is -2.10. The van der Waals surface area contributed by atoms with Gasteiger partial charge < -0.3 is 16.4 Å². The largest absolute Gasteiger partial charge is 0.364 e. The molecular weight excluding hydrogens is 338 g/mol. The van der Waals surface area contributed by atoms with Gasteiger partial charge in [-0.25, -0.2) is 4.98 Å². The van der Waals surface area contributed by atoms with Crippen LogP contribution in [0.1, 0.15) is 21.9 Å². The quantitative estimate of drug-likeness (QED) is 0.445. The molecule has 1 aromatic heterocycles. The fraction of sp³-hybridized carbons (Fsp3) is 0.538. The number of nitrogens with zero attached hydrogens (tertiary/aromatic N) is 1. The SMILES string of the molecule is NC(=O)c1csc(CCCNC(=O)CNC(=O)C2NCCS2)n1. The van der Waals surface area contributed by atoms with Crippen LogP contribution in [0.25, 0.3) is 0 Å². The zero-order valence-corrected chi connectivity index (χ0v) is 14.1. The van der Waals surface area contributed by atoms with Crippen molar-refractivity contribution in [3.05, 3.63) is 16.1 Å². The Hall–Kier alpha value is -1.65. The Labute approximate surface area is 142 Å². The maximum absolute atomic E-state index is 11.7. The van der Waals surface area contributed by atoms with Gasteiger partial charge in [-0.15, -0.1) is 23.1 Å². The second-order valence-electron chi connectivity index (χ2n) is 4.87. The minimum Gasteiger partial charge on any atom is -0.364 e. The van der Waals surface area contributed by atoms with E-state index in [2.05, 4.69) is 20.9 Å². The fourth-order valence-electron chi connectivity index (χ4n) is 1.92.